The molecule has 1 N–H and O–H groups in total. The molecule has 0 spiro atoms. The number of ether oxygens (including phenoxy) is 1. The summed E-state index contributed by atoms with van der Waals surface area (Å²) in [7, 11) is 1.95. The van der Waals surface area contributed by atoms with Crippen LogP contribution in [-0.2, 0) is 0 Å². The molecule has 0 aliphatic heterocycles. The van der Waals surface area contributed by atoms with E-state index < -0.39 is 0 Å². The maximum atomic E-state index is 6.00. The van der Waals surface area contributed by atoms with Gasteiger partial charge in [0.15, 0.2) is 0 Å². The van der Waals surface area contributed by atoms with E-state index in [1.807, 2.05) is 31.3 Å². The predicted octanol–water partition coefficient (Wildman–Crippen LogP) is 3.11. The molecule has 1 aromatic carbocycles. The zero-order chi connectivity index (χ0) is 11.3. The molecule has 0 radical (unpaired) electrons. The van der Waals surface area contributed by atoms with Gasteiger partial charge in [0.1, 0.15) is 5.75 Å². The molecule has 0 saturated carbocycles. The molecule has 15 heavy (non-hydrogen) atoms. The fraction of sp³-hybridized carbons (Fsp3) is 0.500. The average Bonchev–Trinajstić information content (AvgIpc) is 2.21. The van der Waals surface area contributed by atoms with Crippen molar-refractivity contribution in [2.75, 3.05) is 7.05 Å². The topological polar surface area (TPSA) is 21.3 Å². The fourth-order valence-corrected chi connectivity index (χ4v) is 1.60. The van der Waals surface area contributed by atoms with Crippen LogP contribution in [0.1, 0.15) is 20.3 Å². The van der Waals surface area contributed by atoms with Crippen LogP contribution >= 0.6 is 11.6 Å². The molecule has 0 saturated heterocycles. The lowest BCUT2D eigenvalue weighted by molar-refractivity contribution is 0.198. The summed E-state index contributed by atoms with van der Waals surface area (Å²) in [6.07, 6.45) is 1.12. The maximum Gasteiger partial charge on any atom is 0.138 e. The highest BCUT2D eigenvalue weighted by Crippen LogP contribution is 2.24. The molecule has 0 aromatic heterocycles. The first-order valence-corrected chi connectivity index (χ1v) is 5.59. The summed E-state index contributed by atoms with van der Waals surface area (Å²) >= 11 is 6.00. The number of rotatable bonds is 5. The zero-order valence-electron chi connectivity index (χ0n) is 9.46. The van der Waals surface area contributed by atoms with Gasteiger partial charge in [-0.05, 0) is 39.4 Å². The second-order valence-corrected chi connectivity index (χ2v) is 4.19. The summed E-state index contributed by atoms with van der Waals surface area (Å²) in [5, 5.41) is 3.85. The van der Waals surface area contributed by atoms with Gasteiger partial charge in [0, 0.05) is 6.04 Å². The summed E-state index contributed by atoms with van der Waals surface area (Å²) in [4.78, 5) is 0. The number of nitrogens with one attached hydrogen (secondary N) is 1. The molecule has 0 aliphatic carbocycles. The normalized spacial score (nSPS) is 14.7. The zero-order valence-corrected chi connectivity index (χ0v) is 10.2. The minimum absolute atomic E-state index is 0.160. The van der Waals surface area contributed by atoms with Gasteiger partial charge >= 0.3 is 0 Å². The number of hydrogen-bond acceptors (Lipinski definition) is 2. The van der Waals surface area contributed by atoms with Crippen LogP contribution in [0.4, 0.5) is 0 Å². The Hall–Kier alpha value is -0.730. The monoisotopic (exact) mass is 227 g/mol. The van der Waals surface area contributed by atoms with E-state index in [1.54, 1.807) is 0 Å². The lowest BCUT2D eigenvalue weighted by Crippen LogP contribution is -2.28. The Morgan fingerprint density at radius 3 is 2.60 bits per heavy atom. The van der Waals surface area contributed by atoms with Gasteiger partial charge in [-0.1, -0.05) is 23.7 Å². The third-order valence-corrected chi connectivity index (χ3v) is 2.66. The fourth-order valence-electron chi connectivity index (χ4n) is 1.42. The molecule has 84 valence electrons. The largest absolute Gasteiger partial charge is 0.489 e. The first-order valence-electron chi connectivity index (χ1n) is 5.22. The Labute approximate surface area is 96.6 Å². The molecule has 1 aromatic rings. The predicted molar refractivity (Wildman–Crippen MR) is 64.7 cm³/mol. The molecular formula is C12H18ClNO. The Kier molecular flexibility index (Phi) is 4.92. The first kappa shape index (κ1) is 12.3. The van der Waals surface area contributed by atoms with E-state index in [2.05, 4.69) is 19.2 Å². The lowest BCUT2D eigenvalue weighted by atomic mass is 10.1. The highest BCUT2D eigenvalue weighted by Gasteiger charge is 2.09. The van der Waals surface area contributed by atoms with Gasteiger partial charge in [0.25, 0.3) is 0 Å². The molecule has 0 aliphatic rings. The van der Waals surface area contributed by atoms with Gasteiger partial charge in [-0.3, -0.25) is 0 Å². The molecular weight excluding hydrogens is 210 g/mol. The van der Waals surface area contributed by atoms with Crippen molar-refractivity contribution in [3.05, 3.63) is 29.3 Å². The van der Waals surface area contributed by atoms with Crippen molar-refractivity contribution < 1.29 is 4.74 Å². The van der Waals surface area contributed by atoms with Crippen LogP contribution in [0.5, 0.6) is 5.75 Å². The summed E-state index contributed by atoms with van der Waals surface area (Å²) in [6, 6.07) is 8.00. The van der Waals surface area contributed by atoms with E-state index >= 15 is 0 Å². The Morgan fingerprint density at radius 1 is 1.33 bits per heavy atom. The molecule has 2 unspecified atom stereocenters. The van der Waals surface area contributed by atoms with Crippen LogP contribution < -0.4 is 10.1 Å². The van der Waals surface area contributed by atoms with Gasteiger partial charge in [-0.2, -0.15) is 0 Å². The Bertz CT molecular complexity index is 303. The van der Waals surface area contributed by atoms with E-state index in [9.17, 15) is 0 Å². The quantitative estimate of drug-likeness (QED) is 0.835. The van der Waals surface area contributed by atoms with Crippen LogP contribution in [0.25, 0.3) is 0 Å². The summed E-state index contributed by atoms with van der Waals surface area (Å²) in [5.74, 6) is 0.759. The van der Waals surface area contributed by atoms with Crippen molar-refractivity contribution in [3.63, 3.8) is 0 Å². The number of halogens is 1. The van der Waals surface area contributed by atoms with Gasteiger partial charge in [0.05, 0.1) is 11.1 Å². The summed E-state index contributed by atoms with van der Waals surface area (Å²) in [6.45, 7) is 4.18. The van der Waals surface area contributed by atoms with Crippen molar-refractivity contribution in [2.24, 2.45) is 0 Å². The van der Waals surface area contributed by atoms with Crippen LogP contribution in [0.2, 0.25) is 5.02 Å². The van der Waals surface area contributed by atoms with E-state index in [1.165, 1.54) is 0 Å². The van der Waals surface area contributed by atoms with Gasteiger partial charge in [-0.15, -0.1) is 0 Å². The minimum Gasteiger partial charge on any atom is -0.489 e. The molecule has 3 heteroatoms. The molecule has 0 amide bonds. The van der Waals surface area contributed by atoms with Crippen LogP contribution in [0.15, 0.2) is 24.3 Å². The Balaban J connectivity index is 2.51. The van der Waals surface area contributed by atoms with Crippen molar-refractivity contribution in [2.45, 2.75) is 32.4 Å². The number of benzene rings is 1. The van der Waals surface area contributed by atoms with Crippen molar-refractivity contribution >= 4 is 11.6 Å². The standard InChI is InChI=1S/C12H18ClNO/c1-9(14-3)8-10(2)15-12-7-5-4-6-11(12)13/h4-7,9-10,14H,8H2,1-3H3. The number of hydrogen-bond donors (Lipinski definition) is 1. The third-order valence-electron chi connectivity index (χ3n) is 2.34. The highest BCUT2D eigenvalue weighted by atomic mass is 35.5. The van der Waals surface area contributed by atoms with Crippen LogP contribution in [-0.4, -0.2) is 19.2 Å². The second kappa shape index (κ2) is 5.99. The van der Waals surface area contributed by atoms with Gasteiger partial charge < -0.3 is 10.1 Å². The van der Waals surface area contributed by atoms with Crippen LogP contribution in [0, 0.1) is 0 Å². The SMILES string of the molecule is CNC(C)CC(C)Oc1ccccc1Cl. The third kappa shape index (κ3) is 4.10. The molecule has 2 atom stereocenters. The summed E-state index contributed by atoms with van der Waals surface area (Å²) < 4.78 is 5.75. The van der Waals surface area contributed by atoms with Crippen LogP contribution in [0.3, 0.4) is 0 Å². The van der Waals surface area contributed by atoms with Crippen molar-refractivity contribution in [1.29, 1.82) is 0 Å². The maximum absolute atomic E-state index is 6.00. The molecule has 0 bridgehead atoms. The molecule has 1 rings (SSSR count). The molecule has 0 fully saturated rings. The van der Waals surface area contributed by atoms with Gasteiger partial charge in [0.2, 0.25) is 0 Å². The van der Waals surface area contributed by atoms with E-state index in [4.69, 9.17) is 16.3 Å². The average molecular weight is 228 g/mol. The van der Waals surface area contributed by atoms with Gasteiger partial charge in [-0.25, -0.2) is 0 Å². The minimum atomic E-state index is 0.160. The van der Waals surface area contributed by atoms with Crippen molar-refractivity contribution in [3.8, 4) is 5.75 Å². The smallest absolute Gasteiger partial charge is 0.138 e. The summed E-state index contributed by atoms with van der Waals surface area (Å²) in [5.41, 5.74) is 0. The second-order valence-electron chi connectivity index (χ2n) is 3.78. The molecule has 0 heterocycles. The van der Waals surface area contributed by atoms with E-state index in [0.717, 1.165) is 12.2 Å². The van der Waals surface area contributed by atoms with E-state index in [-0.39, 0.29) is 6.10 Å². The Morgan fingerprint density at radius 2 is 2.00 bits per heavy atom. The number of para-hydroxylation sites is 1. The lowest BCUT2D eigenvalue weighted by Gasteiger charge is -2.19. The molecule has 2 nitrogen and oxygen atoms in total. The van der Waals surface area contributed by atoms with Crippen molar-refractivity contribution in [1.82, 2.24) is 5.32 Å². The first-order chi connectivity index (χ1) is 7.13. The van der Waals surface area contributed by atoms with E-state index in [0.29, 0.717) is 11.1 Å². The highest BCUT2D eigenvalue weighted by molar-refractivity contribution is 6.32.